The van der Waals surface area contributed by atoms with Gasteiger partial charge >= 0.3 is 0 Å². The second kappa shape index (κ2) is 5.06. The Morgan fingerprint density at radius 2 is 1.96 bits per heavy atom. The minimum absolute atomic E-state index is 0.0624. The Morgan fingerprint density at radius 3 is 2.65 bits per heavy atom. The van der Waals surface area contributed by atoms with Crippen molar-refractivity contribution in [3.8, 4) is 5.75 Å². The van der Waals surface area contributed by atoms with E-state index in [0.29, 0.717) is 11.7 Å². The van der Waals surface area contributed by atoms with E-state index in [2.05, 4.69) is 11.4 Å². The van der Waals surface area contributed by atoms with Gasteiger partial charge in [0.1, 0.15) is 5.75 Å². The van der Waals surface area contributed by atoms with Gasteiger partial charge in [-0.3, -0.25) is 9.69 Å². The number of carbonyl (C=O) groups is 1. The van der Waals surface area contributed by atoms with Crippen LogP contribution in [0.25, 0.3) is 0 Å². The molecule has 2 aliphatic heterocycles. The minimum Gasteiger partial charge on any atom is -0.493 e. The smallest absolute Gasteiger partial charge is 0.263 e. The second-order valence-electron chi connectivity index (χ2n) is 5.83. The maximum atomic E-state index is 13.1. The fourth-order valence-electron chi connectivity index (χ4n) is 3.31. The van der Waals surface area contributed by atoms with E-state index in [4.69, 9.17) is 17.0 Å². The van der Waals surface area contributed by atoms with Crippen LogP contribution < -0.4 is 10.1 Å². The van der Waals surface area contributed by atoms with E-state index in [1.165, 1.54) is 4.90 Å². The van der Waals surface area contributed by atoms with E-state index < -0.39 is 5.54 Å². The first kappa shape index (κ1) is 14.2. The van der Waals surface area contributed by atoms with Gasteiger partial charge in [0.15, 0.2) is 10.7 Å². The molecule has 0 aliphatic carbocycles. The average molecular weight is 324 g/mol. The van der Waals surface area contributed by atoms with Gasteiger partial charge in [0.05, 0.1) is 6.61 Å². The number of fused-ring (bicyclic) bond motifs is 1. The molecule has 0 spiro atoms. The highest BCUT2D eigenvalue weighted by Gasteiger charge is 2.51. The van der Waals surface area contributed by atoms with Crippen LogP contribution in [-0.2, 0) is 16.8 Å². The van der Waals surface area contributed by atoms with Gasteiger partial charge in [0, 0.05) is 13.5 Å². The molecule has 2 aromatic carbocycles. The predicted octanol–water partition coefficient (Wildman–Crippen LogP) is 2.21. The van der Waals surface area contributed by atoms with Crippen LogP contribution in [0.15, 0.2) is 48.5 Å². The number of likely N-dealkylation sites (N-methyl/N-ethyl adjacent to an activating group) is 1. The van der Waals surface area contributed by atoms with Gasteiger partial charge in [0.25, 0.3) is 5.91 Å². The highest BCUT2D eigenvalue weighted by molar-refractivity contribution is 7.80. The van der Waals surface area contributed by atoms with Gasteiger partial charge in [-0.15, -0.1) is 0 Å². The third-order valence-electron chi connectivity index (χ3n) is 4.55. The van der Waals surface area contributed by atoms with Gasteiger partial charge in [-0.2, -0.15) is 0 Å². The fourth-order valence-corrected chi connectivity index (χ4v) is 3.54. The summed E-state index contributed by atoms with van der Waals surface area (Å²) >= 11 is 5.34. The van der Waals surface area contributed by atoms with Crippen molar-refractivity contribution in [2.75, 3.05) is 13.7 Å². The zero-order valence-electron chi connectivity index (χ0n) is 12.7. The molecule has 2 aromatic rings. The summed E-state index contributed by atoms with van der Waals surface area (Å²) in [7, 11) is 1.71. The molecule has 0 saturated carbocycles. The Balaban J connectivity index is 1.94. The van der Waals surface area contributed by atoms with E-state index in [1.807, 2.05) is 42.5 Å². The Bertz CT molecular complexity index is 806. The monoisotopic (exact) mass is 324 g/mol. The topological polar surface area (TPSA) is 41.6 Å². The third-order valence-corrected chi connectivity index (χ3v) is 4.93. The molecule has 4 rings (SSSR count). The highest BCUT2D eigenvalue weighted by Crippen LogP contribution is 2.38. The molecule has 23 heavy (non-hydrogen) atoms. The summed E-state index contributed by atoms with van der Waals surface area (Å²) in [6.45, 7) is 0.691. The Hall–Kier alpha value is -2.40. The lowest BCUT2D eigenvalue weighted by Crippen LogP contribution is -2.45. The van der Waals surface area contributed by atoms with Crippen LogP contribution >= 0.6 is 12.2 Å². The van der Waals surface area contributed by atoms with Gasteiger partial charge < -0.3 is 10.1 Å². The number of thiocarbonyl (C=S) groups is 1. The molecular formula is C18H16N2O2S. The summed E-state index contributed by atoms with van der Waals surface area (Å²) in [4.78, 5) is 14.6. The van der Waals surface area contributed by atoms with Crippen molar-refractivity contribution in [1.82, 2.24) is 10.2 Å². The molecule has 1 saturated heterocycles. The van der Waals surface area contributed by atoms with Gasteiger partial charge in [-0.05, 0) is 41.0 Å². The molecule has 1 fully saturated rings. The highest BCUT2D eigenvalue weighted by atomic mass is 32.1. The fraction of sp³-hybridized carbons (Fsp3) is 0.222. The zero-order valence-corrected chi connectivity index (χ0v) is 13.5. The van der Waals surface area contributed by atoms with E-state index in [-0.39, 0.29) is 5.91 Å². The van der Waals surface area contributed by atoms with Crippen LogP contribution in [0.1, 0.15) is 16.7 Å². The molecule has 0 radical (unpaired) electrons. The molecule has 2 aliphatic rings. The van der Waals surface area contributed by atoms with Crippen LogP contribution in [0, 0.1) is 0 Å². The molecule has 1 unspecified atom stereocenters. The maximum Gasteiger partial charge on any atom is 0.263 e. The summed E-state index contributed by atoms with van der Waals surface area (Å²) in [5.41, 5.74) is 1.94. The van der Waals surface area contributed by atoms with Crippen LogP contribution in [0.2, 0.25) is 0 Å². The first-order valence-electron chi connectivity index (χ1n) is 7.55. The van der Waals surface area contributed by atoms with Crippen molar-refractivity contribution in [2.45, 2.75) is 12.0 Å². The Kier molecular flexibility index (Phi) is 3.13. The van der Waals surface area contributed by atoms with E-state index in [1.54, 1.807) is 7.05 Å². The average Bonchev–Trinajstić information content (AvgIpc) is 3.14. The number of rotatable bonds is 2. The summed E-state index contributed by atoms with van der Waals surface area (Å²) in [6.07, 6.45) is 0.864. The van der Waals surface area contributed by atoms with Crippen LogP contribution in [0.5, 0.6) is 5.75 Å². The van der Waals surface area contributed by atoms with Crippen molar-refractivity contribution >= 4 is 23.2 Å². The Morgan fingerprint density at radius 1 is 1.17 bits per heavy atom. The van der Waals surface area contributed by atoms with Gasteiger partial charge in [0.2, 0.25) is 0 Å². The molecule has 116 valence electrons. The van der Waals surface area contributed by atoms with Crippen molar-refractivity contribution in [2.24, 2.45) is 0 Å². The molecule has 0 bridgehead atoms. The number of amides is 1. The SMILES string of the molecule is CN1C(=O)C(c2ccccc2)(c2ccc3c(c2)CCO3)NC1=S. The maximum absolute atomic E-state index is 13.1. The van der Waals surface area contributed by atoms with Crippen molar-refractivity contribution in [1.29, 1.82) is 0 Å². The lowest BCUT2D eigenvalue weighted by atomic mass is 9.82. The zero-order chi connectivity index (χ0) is 16.0. The predicted molar refractivity (Wildman–Crippen MR) is 91.4 cm³/mol. The van der Waals surface area contributed by atoms with Crippen molar-refractivity contribution in [3.63, 3.8) is 0 Å². The molecule has 4 nitrogen and oxygen atoms in total. The Labute approximate surface area is 140 Å². The molecular weight excluding hydrogens is 308 g/mol. The lowest BCUT2D eigenvalue weighted by molar-refractivity contribution is -0.129. The molecule has 2 heterocycles. The summed E-state index contributed by atoms with van der Waals surface area (Å²) in [5, 5.41) is 3.70. The first-order chi connectivity index (χ1) is 11.1. The van der Waals surface area contributed by atoms with E-state index in [9.17, 15) is 4.79 Å². The number of carbonyl (C=O) groups excluding carboxylic acids is 1. The number of benzene rings is 2. The molecule has 5 heteroatoms. The molecule has 1 N–H and O–H groups in total. The minimum atomic E-state index is -0.968. The number of hydrogen-bond donors (Lipinski definition) is 1. The third kappa shape index (κ3) is 1.96. The second-order valence-corrected chi connectivity index (χ2v) is 6.22. The molecule has 0 aromatic heterocycles. The number of hydrogen-bond acceptors (Lipinski definition) is 3. The number of nitrogens with one attached hydrogen (secondary N) is 1. The van der Waals surface area contributed by atoms with Gasteiger partial charge in [-0.1, -0.05) is 36.4 Å². The number of ether oxygens (including phenoxy) is 1. The largest absolute Gasteiger partial charge is 0.493 e. The van der Waals surface area contributed by atoms with Crippen LogP contribution in [-0.4, -0.2) is 29.6 Å². The molecule has 1 atom stereocenters. The summed E-state index contributed by atoms with van der Waals surface area (Å²) in [6, 6.07) is 15.7. The normalized spacial score (nSPS) is 22.7. The van der Waals surface area contributed by atoms with Crippen molar-refractivity contribution in [3.05, 3.63) is 65.2 Å². The first-order valence-corrected chi connectivity index (χ1v) is 7.96. The summed E-state index contributed by atoms with van der Waals surface area (Å²) in [5.74, 6) is 0.839. The van der Waals surface area contributed by atoms with E-state index in [0.717, 1.165) is 28.9 Å². The van der Waals surface area contributed by atoms with E-state index >= 15 is 0 Å². The van der Waals surface area contributed by atoms with Crippen LogP contribution in [0.3, 0.4) is 0 Å². The quantitative estimate of drug-likeness (QED) is 0.860. The molecule has 1 amide bonds. The standard InChI is InChI=1S/C18H16N2O2S/c1-20-16(21)18(19-17(20)23,13-5-3-2-4-6-13)14-7-8-15-12(11-14)9-10-22-15/h2-8,11H,9-10H2,1H3,(H,19,23). The number of nitrogens with zero attached hydrogens (tertiary/aromatic N) is 1. The lowest BCUT2D eigenvalue weighted by Gasteiger charge is -2.28. The summed E-state index contributed by atoms with van der Waals surface area (Å²) < 4.78 is 5.58. The van der Waals surface area contributed by atoms with Crippen LogP contribution in [0.4, 0.5) is 0 Å². The van der Waals surface area contributed by atoms with Crippen molar-refractivity contribution < 1.29 is 9.53 Å². The van der Waals surface area contributed by atoms with Gasteiger partial charge in [-0.25, -0.2) is 0 Å².